The van der Waals surface area contributed by atoms with Gasteiger partial charge in [0, 0.05) is 23.3 Å². The van der Waals surface area contributed by atoms with Crippen LogP contribution in [0.3, 0.4) is 0 Å². The van der Waals surface area contributed by atoms with Gasteiger partial charge in [0.15, 0.2) is 6.10 Å². The lowest BCUT2D eigenvalue weighted by atomic mass is 10.1. The number of aliphatic hydroxyl groups is 1. The summed E-state index contributed by atoms with van der Waals surface area (Å²) in [5, 5.41) is 13.0. The number of aliphatic hydroxyl groups excluding tert-OH is 1. The zero-order chi connectivity index (χ0) is 25.4. The molecule has 2 aliphatic rings. The number of aromatic nitrogens is 2. The second kappa shape index (κ2) is 9.92. The lowest BCUT2D eigenvalue weighted by Gasteiger charge is -2.24. The second-order valence-corrected chi connectivity index (χ2v) is 10.0. The van der Waals surface area contributed by atoms with Gasteiger partial charge in [0.2, 0.25) is 6.23 Å². The van der Waals surface area contributed by atoms with Crippen molar-refractivity contribution < 1.29 is 41.8 Å². The molecular weight excluding hydrogens is 515 g/mol. The van der Waals surface area contributed by atoms with E-state index in [1.807, 2.05) is 0 Å². The summed E-state index contributed by atoms with van der Waals surface area (Å²) >= 11 is 5.84. The first-order valence-corrected chi connectivity index (χ1v) is 12.3. The van der Waals surface area contributed by atoms with Crippen molar-refractivity contribution in [2.45, 2.75) is 43.7 Å². The molecule has 0 bridgehead atoms. The summed E-state index contributed by atoms with van der Waals surface area (Å²) in [4.78, 5) is 27.6. The predicted molar refractivity (Wildman–Crippen MR) is 116 cm³/mol. The maximum absolute atomic E-state index is 14.8. The van der Waals surface area contributed by atoms with Crippen molar-refractivity contribution in [2.24, 2.45) is 0 Å². The summed E-state index contributed by atoms with van der Waals surface area (Å²) in [7, 11) is -4.38. The maximum atomic E-state index is 14.8. The molecule has 1 aromatic heterocycles. The molecule has 0 saturated carbocycles. The first kappa shape index (κ1) is 25.7. The molecule has 190 valence electrons. The number of esters is 1. The number of hydrogen-bond donors (Lipinski definition) is 2. The lowest BCUT2D eigenvalue weighted by molar-refractivity contribution is -0.141. The average molecular weight is 536 g/mol. The predicted octanol–water partition coefficient (Wildman–Crippen LogP) is 2.21. The quantitative estimate of drug-likeness (QED) is 0.382. The topological polar surface area (TPSA) is 138 Å². The van der Waals surface area contributed by atoms with Crippen LogP contribution in [0.4, 0.5) is 8.78 Å². The SMILES string of the molecule is Cc1ccn([C@@H]2O[C@H](COP(=O)(N[C@H]3CCOC3=O)Oc3ccc(Cl)cc3)[C@@H](O)C2(F)F)c(=O)n1. The van der Waals surface area contributed by atoms with E-state index in [9.17, 15) is 28.0 Å². The van der Waals surface area contributed by atoms with Crippen LogP contribution in [-0.2, 0) is 23.4 Å². The van der Waals surface area contributed by atoms with Gasteiger partial charge in [-0.2, -0.15) is 18.9 Å². The van der Waals surface area contributed by atoms with Crippen molar-refractivity contribution in [3.63, 3.8) is 0 Å². The number of alkyl halides is 2. The van der Waals surface area contributed by atoms with Gasteiger partial charge in [0.25, 0.3) is 0 Å². The van der Waals surface area contributed by atoms with Gasteiger partial charge in [0.1, 0.15) is 17.9 Å². The third-order valence-corrected chi connectivity index (χ3v) is 7.12. The minimum atomic E-state index is -4.38. The van der Waals surface area contributed by atoms with Crippen LogP contribution in [0.25, 0.3) is 0 Å². The van der Waals surface area contributed by atoms with Gasteiger partial charge in [-0.25, -0.2) is 9.36 Å². The van der Waals surface area contributed by atoms with Crippen molar-refractivity contribution in [2.75, 3.05) is 13.2 Å². The number of ether oxygens (including phenoxy) is 2. The Hall–Kier alpha value is -2.41. The third-order valence-electron chi connectivity index (χ3n) is 5.30. The van der Waals surface area contributed by atoms with Crippen molar-refractivity contribution in [1.29, 1.82) is 0 Å². The van der Waals surface area contributed by atoms with E-state index in [0.717, 1.165) is 6.20 Å². The molecule has 2 aromatic rings. The fourth-order valence-corrected chi connectivity index (χ4v) is 5.15. The number of aryl methyl sites for hydroxylation is 1. The summed E-state index contributed by atoms with van der Waals surface area (Å²) in [6.07, 6.45) is -5.06. The number of hydrogen-bond acceptors (Lipinski definition) is 9. The molecule has 1 aromatic carbocycles. The smallest absolute Gasteiger partial charge is 0.459 e. The molecule has 2 aliphatic heterocycles. The highest BCUT2D eigenvalue weighted by Gasteiger charge is 2.60. The van der Waals surface area contributed by atoms with E-state index in [1.54, 1.807) is 0 Å². The molecule has 2 fully saturated rings. The summed E-state index contributed by atoms with van der Waals surface area (Å²) in [6.45, 7) is 0.756. The highest BCUT2D eigenvalue weighted by Crippen LogP contribution is 2.48. The van der Waals surface area contributed by atoms with Gasteiger partial charge in [-0.1, -0.05) is 11.6 Å². The Morgan fingerprint density at radius 2 is 2.03 bits per heavy atom. The molecule has 5 atom stereocenters. The Kier molecular flexibility index (Phi) is 7.28. The van der Waals surface area contributed by atoms with Gasteiger partial charge in [0.05, 0.1) is 13.2 Å². The average Bonchev–Trinajstić information content (AvgIpc) is 3.29. The highest BCUT2D eigenvalue weighted by molar-refractivity contribution is 7.52. The molecule has 0 radical (unpaired) electrons. The van der Waals surface area contributed by atoms with Crippen molar-refractivity contribution in [1.82, 2.24) is 14.6 Å². The molecule has 35 heavy (non-hydrogen) atoms. The van der Waals surface area contributed by atoms with E-state index >= 15 is 0 Å². The Balaban J connectivity index is 1.53. The van der Waals surface area contributed by atoms with Gasteiger partial charge in [-0.05, 0) is 37.3 Å². The molecule has 0 amide bonds. The van der Waals surface area contributed by atoms with Crippen molar-refractivity contribution >= 4 is 25.3 Å². The number of cyclic esters (lactones) is 1. The zero-order valence-electron chi connectivity index (χ0n) is 18.2. The largest absolute Gasteiger partial charge is 0.464 e. The van der Waals surface area contributed by atoms with Gasteiger partial charge >= 0.3 is 25.3 Å². The second-order valence-electron chi connectivity index (χ2n) is 7.88. The molecule has 15 heteroatoms. The molecule has 3 heterocycles. The van der Waals surface area contributed by atoms with Crippen molar-refractivity contribution in [3.05, 3.63) is 57.7 Å². The fourth-order valence-electron chi connectivity index (χ4n) is 3.48. The normalized spacial score (nSPS) is 27.4. The van der Waals surface area contributed by atoms with Crippen LogP contribution in [0.2, 0.25) is 5.02 Å². The molecule has 4 rings (SSSR count). The van der Waals surface area contributed by atoms with Gasteiger partial charge in [-0.3, -0.25) is 13.9 Å². The molecule has 0 aliphatic carbocycles. The molecule has 2 saturated heterocycles. The number of nitrogens with one attached hydrogen (secondary N) is 1. The van der Waals surface area contributed by atoms with Crippen LogP contribution in [0, 0.1) is 6.92 Å². The number of carbonyl (C=O) groups is 1. The Bertz CT molecular complexity index is 1200. The first-order valence-electron chi connectivity index (χ1n) is 10.4. The van der Waals surface area contributed by atoms with Crippen molar-refractivity contribution in [3.8, 4) is 5.75 Å². The summed E-state index contributed by atoms with van der Waals surface area (Å²) < 4.78 is 64.4. The monoisotopic (exact) mass is 535 g/mol. The molecule has 2 N–H and O–H groups in total. The van der Waals surface area contributed by atoms with Crippen LogP contribution in [0.1, 0.15) is 18.3 Å². The van der Waals surface area contributed by atoms with Crippen LogP contribution < -0.4 is 15.3 Å². The molecule has 0 spiro atoms. The van der Waals surface area contributed by atoms with Gasteiger partial charge in [-0.15, -0.1) is 0 Å². The third kappa shape index (κ3) is 5.55. The lowest BCUT2D eigenvalue weighted by Crippen LogP contribution is -2.42. The van der Waals surface area contributed by atoms with E-state index in [-0.39, 0.29) is 18.8 Å². The number of benzene rings is 1. The Morgan fingerprint density at radius 3 is 2.66 bits per heavy atom. The van der Waals surface area contributed by atoms with Crippen LogP contribution in [0.5, 0.6) is 5.75 Å². The standard InChI is InChI=1S/C20H21ClF2N3O8P/c1-11-6-8-26(19(29)24-11)18-20(22,23)16(27)15(33-18)10-32-35(30,25-14-7-9-31-17(14)28)34-13-4-2-12(21)3-5-13/h2-6,8,14-16,18,27H,7,9-10H2,1H3,(H,25,30)/t14-,15+,16+,18+,35?/m0/s1. The summed E-state index contributed by atoms with van der Waals surface area (Å²) in [5.74, 6) is -4.55. The first-order chi connectivity index (χ1) is 16.5. The highest BCUT2D eigenvalue weighted by atomic mass is 35.5. The Morgan fingerprint density at radius 1 is 1.31 bits per heavy atom. The maximum Gasteiger partial charge on any atom is 0.459 e. The number of carbonyl (C=O) groups excluding carboxylic acids is 1. The van der Waals surface area contributed by atoms with Crippen LogP contribution >= 0.6 is 19.3 Å². The number of nitrogens with zero attached hydrogens (tertiary/aromatic N) is 2. The van der Waals surface area contributed by atoms with Crippen LogP contribution in [0.15, 0.2) is 41.3 Å². The molecular formula is C20H21ClF2N3O8P. The minimum absolute atomic E-state index is 0.0463. The number of rotatable bonds is 8. The zero-order valence-corrected chi connectivity index (χ0v) is 19.8. The molecule has 11 nitrogen and oxygen atoms in total. The van der Waals surface area contributed by atoms with Gasteiger partial charge < -0.3 is 19.1 Å². The minimum Gasteiger partial charge on any atom is -0.464 e. The Labute approximate surface area is 202 Å². The van der Waals surface area contributed by atoms with Crippen LogP contribution in [-0.4, -0.2) is 58.0 Å². The van der Waals surface area contributed by atoms with E-state index in [4.69, 9.17) is 30.1 Å². The summed E-state index contributed by atoms with van der Waals surface area (Å²) in [6, 6.07) is 5.97. The van der Waals surface area contributed by atoms with E-state index in [1.165, 1.54) is 37.3 Å². The van der Waals surface area contributed by atoms with E-state index < -0.39 is 56.4 Å². The fraction of sp³-hybridized carbons (Fsp3) is 0.450. The summed E-state index contributed by atoms with van der Waals surface area (Å²) in [5.41, 5.74) is -0.689. The van der Waals surface area contributed by atoms with E-state index in [2.05, 4.69) is 10.1 Å². The number of halogens is 3. The van der Waals surface area contributed by atoms with E-state index in [0.29, 0.717) is 15.3 Å². The molecule has 1 unspecified atom stereocenters.